The monoisotopic (exact) mass is 928 g/mol. The van der Waals surface area contributed by atoms with Crippen LogP contribution in [0.3, 0.4) is 0 Å². The van der Waals surface area contributed by atoms with E-state index in [4.69, 9.17) is 26.2 Å². The standard InChI is InChI=1S/C44H38ClIN4O7S/c1-21-28-18-23(45)7-15-35(28)58-39(21)32-20-36(48(3)47-32)50-41(53)31-19-29-26(12-13-27-37(29)42(54)49(40(27)52)25-10-8-24(46)9-11-25)30(44(31,2)43(50)55)14-6-22-16-33(56-4)38(51)34(17-22)57-5/h6-12,14-18,20,27,29-31,37,51H,13,19H2,1-5H3. The summed E-state index contributed by atoms with van der Waals surface area (Å²) >= 11 is 10.1. The molecule has 0 bridgehead atoms. The van der Waals surface area contributed by atoms with Gasteiger partial charge in [0.05, 0.1) is 48.0 Å². The van der Waals surface area contributed by atoms with Gasteiger partial charge in [0, 0.05) is 32.3 Å². The molecule has 6 atom stereocenters. The van der Waals surface area contributed by atoms with Gasteiger partial charge < -0.3 is 14.6 Å². The average molecular weight is 929 g/mol. The first-order valence-corrected chi connectivity index (χ1v) is 21.1. The van der Waals surface area contributed by atoms with Gasteiger partial charge in [-0.05, 0) is 126 Å². The third-order valence-electron chi connectivity index (χ3n) is 12.6. The Morgan fingerprint density at radius 2 is 1.66 bits per heavy atom. The van der Waals surface area contributed by atoms with Crippen molar-refractivity contribution in [1.82, 2.24) is 9.78 Å². The minimum absolute atomic E-state index is 0.146. The van der Waals surface area contributed by atoms with Crippen LogP contribution in [0.15, 0.2) is 78.4 Å². The Hall–Kier alpha value is -4.99. The Kier molecular flexibility index (Phi) is 9.36. The molecule has 14 heteroatoms. The summed E-state index contributed by atoms with van der Waals surface area (Å²) in [6.07, 6.45) is 6.29. The van der Waals surface area contributed by atoms with Crippen molar-refractivity contribution in [2.75, 3.05) is 24.0 Å². The number of ether oxygens (including phenoxy) is 2. The van der Waals surface area contributed by atoms with Crippen LogP contribution in [0.25, 0.3) is 26.7 Å². The van der Waals surface area contributed by atoms with E-state index >= 15 is 4.79 Å². The predicted molar refractivity (Wildman–Crippen MR) is 231 cm³/mol. The van der Waals surface area contributed by atoms with Crippen LogP contribution in [0.4, 0.5) is 11.5 Å². The van der Waals surface area contributed by atoms with Crippen LogP contribution in [0.2, 0.25) is 5.02 Å². The maximum atomic E-state index is 15.2. The van der Waals surface area contributed by atoms with E-state index in [1.165, 1.54) is 24.0 Å². The number of rotatable bonds is 7. The quantitative estimate of drug-likeness (QED) is 0.0977. The van der Waals surface area contributed by atoms with E-state index in [-0.39, 0.29) is 47.3 Å². The van der Waals surface area contributed by atoms with E-state index in [1.807, 2.05) is 62.4 Å². The van der Waals surface area contributed by atoms with Gasteiger partial charge in [-0.25, -0.2) is 4.90 Å². The fourth-order valence-corrected chi connectivity index (χ4v) is 11.4. The number of allylic oxidation sites excluding steroid dienone is 3. The predicted octanol–water partition coefficient (Wildman–Crippen LogP) is 8.57. The van der Waals surface area contributed by atoms with E-state index < -0.39 is 35.0 Å². The lowest BCUT2D eigenvalue weighted by molar-refractivity contribution is -0.132. The molecule has 4 aliphatic rings. The second-order valence-electron chi connectivity index (χ2n) is 15.5. The lowest BCUT2D eigenvalue weighted by Crippen LogP contribution is -2.49. The fourth-order valence-electron chi connectivity index (χ4n) is 9.71. The topological polar surface area (TPSA) is 131 Å². The molecular formula is C44H38ClIN4O7S. The highest BCUT2D eigenvalue weighted by Gasteiger charge is 2.67. The molecule has 1 N–H and O–H groups in total. The number of phenolic OH excluding ortho intramolecular Hbond substituents is 1. The van der Waals surface area contributed by atoms with Gasteiger partial charge in [0.25, 0.3) is 0 Å². The number of aryl methyl sites for hydroxylation is 2. The van der Waals surface area contributed by atoms with Gasteiger partial charge in [0.2, 0.25) is 29.4 Å². The minimum Gasteiger partial charge on any atom is -0.502 e. The van der Waals surface area contributed by atoms with Gasteiger partial charge in [-0.1, -0.05) is 35.4 Å². The first-order chi connectivity index (χ1) is 27.8. The number of methoxy groups -OCH3 is 2. The van der Waals surface area contributed by atoms with Crippen molar-refractivity contribution < 1.29 is 33.8 Å². The summed E-state index contributed by atoms with van der Waals surface area (Å²) in [4.78, 5) is 62.1. The molecule has 3 aromatic carbocycles. The molecule has 296 valence electrons. The van der Waals surface area contributed by atoms with E-state index in [9.17, 15) is 19.5 Å². The van der Waals surface area contributed by atoms with Gasteiger partial charge in [-0.2, -0.15) is 5.10 Å². The number of aromatic hydroxyl groups is 1. The number of benzene rings is 3. The first kappa shape index (κ1) is 38.5. The van der Waals surface area contributed by atoms with Crippen molar-refractivity contribution in [3.63, 3.8) is 0 Å². The number of amides is 4. The Morgan fingerprint density at radius 3 is 2.34 bits per heavy atom. The molecule has 0 spiro atoms. The number of imide groups is 2. The number of thiophene rings is 1. The summed E-state index contributed by atoms with van der Waals surface area (Å²) in [6, 6.07) is 18.1. The first-order valence-electron chi connectivity index (χ1n) is 18.8. The molecule has 2 aromatic heterocycles. The fraction of sp³-hybridized carbons (Fsp3) is 0.295. The largest absolute Gasteiger partial charge is 0.502 e. The van der Waals surface area contributed by atoms with Gasteiger partial charge in [0.1, 0.15) is 11.5 Å². The molecule has 11 nitrogen and oxygen atoms in total. The van der Waals surface area contributed by atoms with Crippen molar-refractivity contribution in [2.45, 2.75) is 26.7 Å². The van der Waals surface area contributed by atoms with Crippen LogP contribution >= 0.6 is 45.5 Å². The summed E-state index contributed by atoms with van der Waals surface area (Å²) in [5.74, 6) is -3.92. The number of nitrogens with zero attached hydrogens (tertiary/aromatic N) is 4. The van der Waals surface area contributed by atoms with Crippen LogP contribution in [0.1, 0.15) is 30.9 Å². The van der Waals surface area contributed by atoms with Crippen LogP contribution in [0.5, 0.6) is 17.2 Å². The van der Waals surface area contributed by atoms with E-state index in [0.717, 1.165) is 29.7 Å². The van der Waals surface area contributed by atoms with Gasteiger partial charge in [0.15, 0.2) is 11.5 Å². The molecule has 1 saturated carbocycles. The number of hydrogen-bond donors (Lipinski definition) is 1. The highest BCUT2D eigenvalue weighted by atomic mass is 127. The van der Waals surface area contributed by atoms with Gasteiger partial charge in [-0.15, -0.1) is 11.3 Å². The number of carbonyl (C=O) groups is 4. The molecular weight excluding hydrogens is 891 g/mol. The molecule has 4 heterocycles. The van der Waals surface area contributed by atoms with Crippen molar-refractivity contribution in [3.8, 4) is 27.8 Å². The number of phenols is 1. The molecule has 2 saturated heterocycles. The summed E-state index contributed by atoms with van der Waals surface area (Å²) < 4.78 is 14.4. The zero-order valence-electron chi connectivity index (χ0n) is 32.2. The molecule has 6 unspecified atom stereocenters. The van der Waals surface area contributed by atoms with Crippen molar-refractivity contribution >= 4 is 96.8 Å². The highest BCUT2D eigenvalue weighted by Crippen LogP contribution is 2.61. The maximum Gasteiger partial charge on any atom is 0.242 e. The van der Waals surface area contributed by atoms with Crippen LogP contribution < -0.4 is 19.3 Å². The number of carbonyl (C=O) groups excluding carboxylic acids is 4. The van der Waals surface area contributed by atoms with Crippen LogP contribution in [-0.4, -0.2) is 52.7 Å². The van der Waals surface area contributed by atoms with Gasteiger partial charge >= 0.3 is 0 Å². The van der Waals surface area contributed by atoms with E-state index in [2.05, 4.69) is 22.6 Å². The average Bonchev–Trinajstić information content (AvgIpc) is 3.88. The normalized spacial score (nSPS) is 25.4. The number of fused-ring (bicyclic) bond motifs is 5. The smallest absolute Gasteiger partial charge is 0.242 e. The third kappa shape index (κ3) is 5.67. The Labute approximate surface area is 357 Å². The van der Waals surface area contributed by atoms with Crippen molar-refractivity contribution in [1.29, 1.82) is 0 Å². The number of halogens is 2. The van der Waals surface area contributed by atoms with Crippen LogP contribution in [0, 0.1) is 45.5 Å². The summed E-state index contributed by atoms with van der Waals surface area (Å²) in [6.45, 7) is 3.85. The summed E-state index contributed by atoms with van der Waals surface area (Å²) in [5, 5.41) is 17.1. The summed E-state index contributed by atoms with van der Waals surface area (Å²) in [5.41, 5.74) is 2.37. The van der Waals surface area contributed by atoms with Crippen LogP contribution in [-0.2, 0) is 26.2 Å². The van der Waals surface area contributed by atoms with Crippen molar-refractivity contribution in [2.24, 2.45) is 42.1 Å². The lowest BCUT2D eigenvalue weighted by Gasteiger charge is -2.47. The van der Waals surface area contributed by atoms with E-state index in [1.54, 1.807) is 53.4 Å². The molecule has 0 radical (unpaired) electrons. The second kappa shape index (κ2) is 14.1. The molecule has 2 aliphatic carbocycles. The maximum absolute atomic E-state index is 15.2. The molecule has 4 amide bonds. The molecule has 58 heavy (non-hydrogen) atoms. The molecule has 3 fully saturated rings. The zero-order chi connectivity index (χ0) is 40.9. The number of aromatic nitrogens is 2. The molecule has 5 aromatic rings. The number of hydrogen-bond acceptors (Lipinski definition) is 9. The van der Waals surface area contributed by atoms with E-state index in [0.29, 0.717) is 34.2 Å². The summed E-state index contributed by atoms with van der Waals surface area (Å²) in [7, 11) is 4.61. The third-order valence-corrected chi connectivity index (χ3v) is 14.9. The molecule has 9 rings (SSSR count). The van der Waals surface area contributed by atoms with Gasteiger partial charge in [-0.3, -0.25) is 28.8 Å². The Bertz CT molecular complexity index is 2640. The number of anilines is 2. The zero-order valence-corrected chi connectivity index (χ0v) is 35.9. The van der Waals surface area contributed by atoms with Crippen molar-refractivity contribution in [3.05, 3.63) is 98.1 Å². The minimum atomic E-state index is -1.26. The highest BCUT2D eigenvalue weighted by molar-refractivity contribution is 14.1. The lowest BCUT2D eigenvalue weighted by atomic mass is 9.52. The second-order valence-corrected chi connectivity index (χ2v) is 18.3. The SMILES string of the molecule is COc1cc(C=CC2C3=CCC4C(=O)N(c5ccc(I)cc5)C(=O)C4C3CC3C(=O)N(c4cc(-c5sc6ccc(Cl)cc6c5C)nn4C)C(=O)C23C)cc(OC)c1O. The Morgan fingerprint density at radius 1 is 0.948 bits per heavy atom. The molecule has 2 aliphatic heterocycles. The Balaban J connectivity index is 1.14.